The molecule has 0 radical (unpaired) electrons. The van der Waals surface area contributed by atoms with E-state index >= 15 is 0 Å². The Morgan fingerprint density at radius 1 is 1.30 bits per heavy atom. The summed E-state index contributed by atoms with van der Waals surface area (Å²) in [7, 11) is -2.78. The van der Waals surface area contributed by atoms with Gasteiger partial charge in [0.2, 0.25) is 0 Å². The van der Waals surface area contributed by atoms with Crippen molar-refractivity contribution in [1.82, 2.24) is 10.2 Å². The fourth-order valence-corrected chi connectivity index (χ4v) is 3.55. The zero-order chi connectivity index (χ0) is 13.7. The maximum atomic E-state index is 11.3. The number of hydrogen-bond acceptors (Lipinski definition) is 4. The summed E-state index contributed by atoms with van der Waals surface area (Å²) in [4.78, 5) is 6.47. The summed E-state index contributed by atoms with van der Waals surface area (Å²) >= 11 is 0. The minimum Gasteiger partial charge on any atom is -0.370 e. The van der Waals surface area contributed by atoms with Gasteiger partial charge in [-0.25, -0.2) is 8.42 Å². The fourth-order valence-electron chi connectivity index (χ4n) is 2.27. The largest absolute Gasteiger partial charge is 0.370 e. The second-order valence-electron chi connectivity index (χ2n) is 5.44. The van der Waals surface area contributed by atoms with Gasteiger partial charge in [0.1, 0.15) is 0 Å². The molecule has 20 heavy (non-hydrogen) atoms. The monoisotopic (exact) mass is 416 g/mol. The molecule has 0 aromatic rings. The molecule has 0 bridgehead atoms. The van der Waals surface area contributed by atoms with Crippen LogP contribution >= 0.6 is 24.0 Å². The van der Waals surface area contributed by atoms with Crippen molar-refractivity contribution in [2.24, 2.45) is 16.6 Å². The van der Waals surface area contributed by atoms with E-state index in [1.807, 2.05) is 0 Å². The van der Waals surface area contributed by atoms with Crippen LogP contribution in [0.1, 0.15) is 19.3 Å². The lowest BCUT2D eigenvalue weighted by molar-refractivity contribution is 0.299. The first-order valence-corrected chi connectivity index (χ1v) is 8.84. The van der Waals surface area contributed by atoms with Crippen molar-refractivity contribution in [3.05, 3.63) is 0 Å². The molecule has 1 saturated carbocycles. The Balaban J connectivity index is 0.00000200. The Morgan fingerprint density at radius 3 is 2.50 bits per heavy atom. The number of nitrogens with one attached hydrogen (secondary N) is 1. The van der Waals surface area contributed by atoms with Crippen molar-refractivity contribution in [3.63, 3.8) is 0 Å². The second kappa shape index (κ2) is 8.38. The summed E-state index contributed by atoms with van der Waals surface area (Å²) in [6, 6.07) is 0. The van der Waals surface area contributed by atoms with Gasteiger partial charge < -0.3 is 11.1 Å². The zero-order valence-corrected chi connectivity index (χ0v) is 14.9. The molecule has 118 valence electrons. The molecular formula is C12H25IN4O2S. The number of nitrogens with two attached hydrogens (primary N) is 1. The van der Waals surface area contributed by atoms with E-state index in [4.69, 9.17) is 5.73 Å². The van der Waals surface area contributed by atoms with Crippen molar-refractivity contribution < 1.29 is 8.42 Å². The highest BCUT2D eigenvalue weighted by Crippen LogP contribution is 2.26. The van der Waals surface area contributed by atoms with Crippen molar-refractivity contribution in [2.75, 3.05) is 44.2 Å². The van der Waals surface area contributed by atoms with Gasteiger partial charge in [-0.2, -0.15) is 0 Å². The van der Waals surface area contributed by atoms with Crippen LogP contribution in [-0.4, -0.2) is 63.5 Å². The van der Waals surface area contributed by atoms with Gasteiger partial charge >= 0.3 is 0 Å². The molecule has 0 amide bonds. The Kier molecular flexibility index (Phi) is 7.52. The smallest absolute Gasteiger partial charge is 0.188 e. The molecular weight excluding hydrogens is 391 g/mol. The summed E-state index contributed by atoms with van der Waals surface area (Å²) in [6.45, 7) is 3.63. The van der Waals surface area contributed by atoms with Gasteiger partial charge in [0, 0.05) is 32.7 Å². The molecule has 2 aliphatic rings. The van der Waals surface area contributed by atoms with Gasteiger partial charge in [-0.05, 0) is 18.8 Å². The predicted octanol–water partition coefficient (Wildman–Crippen LogP) is 0.0392. The molecule has 1 aliphatic carbocycles. The quantitative estimate of drug-likeness (QED) is 0.376. The Hall–Kier alpha value is -0.0900. The van der Waals surface area contributed by atoms with E-state index < -0.39 is 9.84 Å². The molecule has 2 fully saturated rings. The molecule has 3 N–H and O–H groups in total. The molecule has 2 rings (SSSR count). The van der Waals surface area contributed by atoms with Gasteiger partial charge in [0.25, 0.3) is 0 Å². The number of hydrogen-bond donors (Lipinski definition) is 2. The molecule has 0 aromatic heterocycles. The third-order valence-corrected chi connectivity index (χ3v) is 5.52. The number of nitrogens with zero attached hydrogens (tertiary/aromatic N) is 2. The number of sulfone groups is 1. The van der Waals surface area contributed by atoms with E-state index in [1.165, 1.54) is 19.3 Å². The lowest BCUT2D eigenvalue weighted by atomic mass is 9.86. The van der Waals surface area contributed by atoms with Crippen LogP contribution in [0.25, 0.3) is 0 Å². The minimum atomic E-state index is -2.78. The first kappa shape index (κ1) is 18.0. The third-order valence-electron chi connectivity index (χ3n) is 3.92. The van der Waals surface area contributed by atoms with Crippen molar-refractivity contribution in [3.8, 4) is 0 Å². The average Bonchev–Trinajstić information content (AvgIpc) is 2.29. The highest BCUT2D eigenvalue weighted by Gasteiger charge is 2.21. The summed E-state index contributed by atoms with van der Waals surface area (Å²) in [5, 5.41) is 3.09. The maximum Gasteiger partial charge on any atom is 0.188 e. The zero-order valence-electron chi connectivity index (χ0n) is 11.8. The van der Waals surface area contributed by atoms with E-state index in [0.29, 0.717) is 19.0 Å². The Labute approximate surface area is 138 Å². The molecule has 1 heterocycles. The molecule has 0 aromatic carbocycles. The van der Waals surface area contributed by atoms with Crippen molar-refractivity contribution >= 4 is 39.8 Å². The molecule has 0 atom stereocenters. The highest BCUT2D eigenvalue weighted by molar-refractivity contribution is 14.0. The van der Waals surface area contributed by atoms with Gasteiger partial charge in [-0.3, -0.25) is 9.89 Å². The van der Waals surface area contributed by atoms with Gasteiger partial charge in [-0.1, -0.05) is 6.42 Å². The van der Waals surface area contributed by atoms with Crippen LogP contribution in [0.4, 0.5) is 0 Å². The molecule has 6 nitrogen and oxygen atoms in total. The van der Waals surface area contributed by atoms with Crippen LogP contribution < -0.4 is 11.1 Å². The molecule has 1 aliphatic heterocycles. The van der Waals surface area contributed by atoms with E-state index in [2.05, 4.69) is 15.2 Å². The molecule has 1 saturated heterocycles. The molecule has 0 spiro atoms. The van der Waals surface area contributed by atoms with E-state index in [9.17, 15) is 8.42 Å². The lowest BCUT2D eigenvalue weighted by Crippen LogP contribution is -2.45. The normalized spacial score (nSPS) is 23.7. The summed E-state index contributed by atoms with van der Waals surface area (Å²) in [6.07, 6.45) is 3.88. The van der Waals surface area contributed by atoms with Crippen LogP contribution in [0.3, 0.4) is 0 Å². The lowest BCUT2D eigenvalue weighted by Gasteiger charge is -2.26. The standard InChI is InChI=1S/C12H24N4O2S.HI/c13-12(15-10-11-2-1-3-11)14-4-5-16-6-8-19(17,18)9-7-16;/h11H,1-10H2,(H3,13,14,15);1H. The molecule has 8 heteroatoms. The fraction of sp³-hybridized carbons (Fsp3) is 0.917. The van der Waals surface area contributed by atoms with Crippen molar-refractivity contribution in [2.45, 2.75) is 19.3 Å². The summed E-state index contributed by atoms with van der Waals surface area (Å²) in [5.41, 5.74) is 5.78. The van der Waals surface area contributed by atoms with Crippen LogP contribution in [0.2, 0.25) is 0 Å². The van der Waals surface area contributed by atoms with Crippen molar-refractivity contribution in [1.29, 1.82) is 0 Å². The van der Waals surface area contributed by atoms with Crippen LogP contribution in [0.15, 0.2) is 4.99 Å². The SMILES string of the molecule is I.NC(=NCC1CCC1)NCCN1CCS(=O)(=O)CC1. The Morgan fingerprint density at radius 2 is 1.95 bits per heavy atom. The third kappa shape index (κ3) is 6.13. The number of halogens is 1. The minimum absolute atomic E-state index is 0. The number of aliphatic imine (C=N–C) groups is 1. The first-order valence-electron chi connectivity index (χ1n) is 7.02. The van der Waals surface area contributed by atoms with Gasteiger partial charge in [-0.15, -0.1) is 24.0 Å². The number of guanidine groups is 1. The van der Waals surface area contributed by atoms with E-state index in [1.54, 1.807) is 0 Å². The summed E-state index contributed by atoms with van der Waals surface area (Å²) in [5.74, 6) is 1.79. The van der Waals surface area contributed by atoms with Crippen LogP contribution in [0, 0.1) is 5.92 Å². The first-order chi connectivity index (χ1) is 9.05. The average molecular weight is 416 g/mol. The molecule has 0 unspecified atom stereocenters. The van der Waals surface area contributed by atoms with E-state index in [0.717, 1.165) is 25.6 Å². The Bertz CT molecular complexity index is 409. The summed E-state index contributed by atoms with van der Waals surface area (Å²) < 4.78 is 22.6. The highest BCUT2D eigenvalue weighted by atomic mass is 127. The maximum absolute atomic E-state index is 11.3. The van der Waals surface area contributed by atoms with Crippen LogP contribution in [-0.2, 0) is 9.84 Å². The van der Waals surface area contributed by atoms with Gasteiger partial charge in [0.05, 0.1) is 11.5 Å². The predicted molar refractivity (Wildman–Crippen MR) is 92.3 cm³/mol. The van der Waals surface area contributed by atoms with Crippen LogP contribution in [0.5, 0.6) is 0 Å². The van der Waals surface area contributed by atoms with E-state index in [-0.39, 0.29) is 35.5 Å². The van der Waals surface area contributed by atoms with Gasteiger partial charge in [0.15, 0.2) is 15.8 Å². The second-order valence-corrected chi connectivity index (χ2v) is 7.75. The topological polar surface area (TPSA) is 87.8 Å². The number of rotatable bonds is 5.